The van der Waals surface area contributed by atoms with Crippen molar-refractivity contribution < 1.29 is 61.7 Å². The summed E-state index contributed by atoms with van der Waals surface area (Å²) in [5.41, 5.74) is -33.0. The van der Waals surface area contributed by atoms with Gasteiger partial charge >= 0.3 is 0 Å². The van der Waals surface area contributed by atoms with Gasteiger partial charge in [-0.25, -0.2) is 0 Å². The predicted molar refractivity (Wildman–Crippen MR) is 271 cm³/mol. The molecule has 65 heavy (non-hydrogen) atoms. The van der Waals surface area contributed by atoms with Crippen molar-refractivity contribution in [3.05, 3.63) is 269 Å². The topological polar surface area (TPSA) is 3.24 Å². The molecule has 0 aromatic heterocycles. The lowest BCUT2D eigenvalue weighted by Gasteiger charge is -2.32. The van der Waals surface area contributed by atoms with Gasteiger partial charge in [0.05, 0.1) is 64.6 Å². The molecule has 0 unspecified atom stereocenters. The first-order valence-corrected chi connectivity index (χ1v) is 19.2. The Bertz CT molecular complexity index is 5830. The fourth-order valence-electron chi connectivity index (χ4n) is 8.51. The number of nitrogens with zero attached hydrogens (tertiary/aromatic N) is 1. The molecule has 0 atom stereocenters. The third-order valence-electron chi connectivity index (χ3n) is 11.2. The largest absolute Gasteiger partial charge is 0.310 e. The van der Waals surface area contributed by atoms with Crippen LogP contribution in [0.2, 0.25) is 0 Å². The normalized spacial score (nSPS) is 24.1. The Balaban J connectivity index is 1.36. The van der Waals surface area contributed by atoms with Gasteiger partial charge in [0.2, 0.25) is 0 Å². The zero-order valence-electron chi connectivity index (χ0n) is 77.4. The molecule has 3 aliphatic rings. The van der Waals surface area contributed by atoms with Crippen LogP contribution in [0.4, 0.5) is 17.1 Å². The highest BCUT2D eigenvalue weighted by Crippen LogP contribution is 2.64. The second-order valence-corrected chi connectivity index (χ2v) is 14.5. The van der Waals surface area contributed by atoms with Gasteiger partial charge in [-0.1, -0.05) is 207 Å². The minimum atomic E-state index is -4.23. The fraction of sp³-hybridized carbons (Fsp3) is 0.0625. The molecule has 10 aromatic carbocycles. The second kappa shape index (κ2) is 14.3. The second-order valence-electron chi connectivity index (χ2n) is 14.5. The number of hydrogen-bond donors (Lipinski definition) is 0. The number of fused-ring (bicyclic) bond motifs is 13. The SMILES string of the molecule is [2H]c1c([2H])c([2H])c(-c2c([2H])c([2H])c3c(c2[2H])C2(c4c([2H])c([2H])c([2H])c([2H])c4-c4c([2H])c(N(c5c([2H])c([2H])c6c(c5[2H])C(C([2H])([2H])[2H])(C([2H])([2H])[2H])c5c([2H])c([2H])c([2H])c([2H])c5-6)c5c([2H])c([2H])c([2H])c([2H])c5-c5c([2H])c([2H])c([2H])c([2H])c5[2H])c([2H])c([2H])c42)c2c([2H])c(-c4c([2H])c([2H])c([2H])c([2H])c4[2H])c([2H])c([2H])c2-3)c([2H])c1[2H]. The van der Waals surface area contributed by atoms with E-state index in [0.29, 0.717) is 0 Å². The van der Waals surface area contributed by atoms with Crippen molar-refractivity contribution in [2.24, 2.45) is 0 Å². The van der Waals surface area contributed by atoms with Crippen molar-refractivity contribution in [3.63, 3.8) is 0 Å². The van der Waals surface area contributed by atoms with Crippen LogP contribution < -0.4 is 4.90 Å². The van der Waals surface area contributed by atoms with Crippen LogP contribution in [0.15, 0.2) is 236 Å². The van der Waals surface area contributed by atoms with E-state index < -0.39 is 377 Å². The van der Waals surface area contributed by atoms with E-state index in [4.69, 9.17) is 21.9 Å². The molecule has 0 amide bonds. The first kappa shape index (κ1) is 13.8. The molecule has 13 rings (SSSR count). The molecule has 0 saturated carbocycles. The van der Waals surface area contributed by atoms with Crippen molar-refractivity contribution in [2.45, 2.75) is 24.5 Å². The van der Waals surface area contributed by atoms with Crippen LogP contribution >= 0.6 is 0 Å². The van der Waals surface area contributed by atoms with Crippen molar-refractivity contribution in [3.8, 4) is 66.8 Å². The van der Waals surface area contributed by atoms with Crippen molar-refractivity contribution in [2.75, 3.05) is 4.90 Å². The summed E-state index contributed by atoms with van der Waals surface area (Å²) < 4.78 is 425. The Labute approximate surface area is 444 Å². The first-order valence-electron chi connectivity index (χ1n) is 41.7. The van der Waals surface area contributed by atoms with Gasteiger partial charge in [-0.2, -0.15) is 0 Å². The molecule has 0 bridgehead atoms. The van der Waals surface area contributed by atoms with Crippen LogP contribution in [-0.2, 0) is 10.8 Å². The molecule has 1 nitrogen and oxygen atoms in total. The van der Waals surface area contributed by atoms with Crippen LogP contribution in [0, 0.1) is 0 Å². The Hall–Kier alpha value is -8.00. The van der Waals surface area contributed by atoms with Crippen LogP contribution in [0.5, 0.6) is 0 Å². The van der Waals surface area contributed by atoms with E-state index in [0.717, 1.165) is 0 Å². The maximum atomic E-state index is 11.0. The molecule has 10 aromatic rings. The summed E-state index contributed by atoms with van der Waals surface area (Å²) in [7, 11) is 0. The van der Waals surface area contributed by atoms with Gasteiger partial charge in [-0.3, -0.25) is 0 Å². The lowest BCUT2D eigenvalue weighted by Crippen LogP contribution is -2.26. The third-order valence-corrected chi connectivity index (χ3v) is 11.2. The van der Waals surface area contributed by atoms with Gasteiger partial charge < -0.3 is 4.90 Å². The molecule has 0 N–H and O–H groups in total. The van der Waals surface area contributed by atoms with Gasteiger partial charge in [-0.15, -0.1) is 0 Å². The highest BCUT2D eigenvalue weighted by molar-refractivity contribution is 5.99. The molecule has 0 aliphatic heterocycles. The Morgan fingerprint density at radius 1 is 0.308 bits per heavy atom. The van der Waals surface area contributed by atoms with E-state index in [1.807, 2.05) is 0 Å². The zero-order chi connectivity index (χ0) is 82.2. The van der Waals surface area contributed by atoms with Gasteiger partial charge in [0.15, 0.2) is 0 Å². The number of anilines is 3. The maximum absolute atomic E-state index is 11.0. The van der Waals surface area contributed by atoms with Gasteiger partial charge in [-0.05, 0) is 137 Å². The smallest absolute Gasteiger partial charge is 0.0725 e. The lowest BCUT2D eigenvalue weighted by molar-refractivity contribution is 0.660. The van der Waals surface area contributed by atoms with E-state index >= 15 is 0 Å². The summed E-state index contributed by atoms with van der Waals surface area (Å²) in [4.78, 5) is 0.0516. The van der Waals surface area contributed by atoms with Crippen molar-refractivity contribution in [1.82, 2.24) is 0 Å². The van der Waals surface area contributed by atoms with Crippen molar-refractivity contribution >= 4 is 17.1 Å². The fourth-order valence-corrected chi connectivity index (χ4v) is 8.51. The molecular formula is C64H45N. The summed E-state index contributed by atoms with van der Waals surface area (Å²) >= 11 is 0. The molecule has 1 spiro atoms. The molecule has 0 heterocycles. The zero-order valence-corrected chi connectivity index (χ0v) is 32.4. The lowest BCUT2D eigenvalue weighted by atomic mass is 9.70. The number of hydrogen-bond acceptors (Lipinski definition) is 1. The van der Waals surface area contributed by atoms with Crippen LogP contribution in [0.3, 0.4) is 0 Å². The van der Waals surface area contributed by atoms with Gasteiger partial charge in [0, 0.05) is 30.6 Å². The standard InChI is InChI=1S/C64H45N/c1-63(2)56-27-15-12-25-50(56)52-36-32-48(41-59(52)63)65(62-29-17-14-24-49(62)44-22-10-5-11-23-44)47-33-37-58-55(40-47)51-26-13-16-28-57(51)64(58)60-38-45(42-18-6-3-7-19-42)30-34-53(60)54-35-31-46(39-61(54)64)43-20-8-4-9-21-43/h3-41H,1-2H3/i1D3,2D3,3D,4D,5D,6D,7D,8D,9D,10D,11D,12D,13D,14D,15D,16D,17D,18D,19D,20D,21D,22D,23D,24D,25D,26D,27D,28D,29D,30D,31D,32D,33D,34D,35D,36D,37D,38D,39D,40D,41D. The minimum Gasteiger partial charge on any atom is -0.310 e. The van der Waals surface area contributed by atoms with Crippen LogP contribution in [-0.4, -0.2) is 0 Å². The number of para-hydroxylation sites is 1. The first-order chi connectivity index (χ1) is 50.7. The summed E-state index contributed by atoms with van der Waals surface area (Å²) in [6.45, 7) is -8.46. The summed E-state index contributed by atoms with van der Waals surface area (Å²) in [6, 6.07) is -51.2. The van der Waals surface area contributed by atoms with Gasteiger partial charge in [0.1, 0.15) is 0 Å². The average Bonchev–Trinajstić information content (AvgIpc) is 1.47. The highest BCUT2D eigenvalue weighted by atomic mass is 15.1. The van der Waals surface area contributed by atoms with Gasteiger partial charge in [0.25, 0.3) is 0 Å². The Morgan fingerprint density at radius 3 is 1.38 bits per heavy atom. The predicted octanol–water partition coefficient (Wildman–Crippen LogP) is 16.8. The van der Waals surface area contributed by atoms with Crippen LogP contribution in [0.25, 0.3) is 66.8 Å². The summed E-state index contributed by atoms with van der Waals surface area (Å²) in [6.07, 6.45) is 0. The number of rotatable bonds is 6. The van der Waals surface area contributed by atoms with E-state index in [1.165, 1.54) is 0 Å². The van der Waals surface area contributed by atoms with E-state index in [-0.39, 0.29) is 4.90 Å². The maximum Gasteiger partial charge on any atom is 0.0725 e. The van der Waals surface area contributed by atoms with E-state index in [2.05, 4.69) is 0 Å². The number of benzene rings is 10. The monoisotopic (exact) mass is 873 g/mol. The summed E-state index contributed by atoms with van der Waals surface area (Å²) in [5.74, 6) is 0. The molecule has 3 aliphatic carbocycles. The van der Waals surface area contributed by atoms with Crippen LogP contribution in [0.1, 0.15) is 109 Å². The average molecular weight is 873 g/mol. The van der Waals surface area contributed by atoms with E-state index in [9.17, 15) is 39.8 Å². The van der Waals surface area contributed by atoms with E-state index in [1.54, 1.807) is 0 Å². The third kappa shape index (κ3) is 5.46. The highest BCUT2D eigenvalue weighted by Gasteiger charge is 2.52. The Kier molecular flexibility index (Phi) is 3.02. The molecule has 0 fully saturated rings. The summed E-state index contributed by atoms with van der Waals surface area (Å²) in [5, 5.41) is 0. The minimum absolute atomic E-state index is 0.0516. The molecule has 0 radical (unpaired) electrons. The molecular weight excluding hydrogens is 783 g/mol. The molecule has 306 valence electrons. The Morgan fingerprint density at radius 2 is 0.754 bits per heavy atom. The molecule has 1 heteroatoms. The molecule has 0 saturated heterocycles. The quantitative estimate of drug-likeness (QED) is 0.161. The van der Waals surface area contributed by atoms with Crippen molar-refractivity contribution in [1.29, 1.82) is 0 Å².